The van der Waals surface area contributed by atoms with Crippen LogP contribution >= 0.6 is 0 Å². The molecule has 30 heavy (non-hydrogen) atoms. The number of nitrogens with zero attached hydrogens (tertiary/aromatic N) is 5. The van der Waals surface area contributed by atoms with Crippen molar-refractivity contribution in [3.05, 3.63) is 53.4 Å². The third kappa shape index (κ3) is 3.17. The Hall–Kier alpha value is -3.13. The van der Waals surface area contributed by atoms with Gasteiger partial charge < -0.3 is 14.9 Å². The average molecular weight is 409 g/mol. The van der Waals surface area contributed by atoms with Crippen molar-refractivity contribution in [2.75, 3.05) is 26.7 Å². The Morgan fingerprint density at radius 2 is 1.83 bits per heavy atom. The molecular formula is C22H27N5O3. The largest absolute Gasteiger partial charge is 0.396 e. The highest BCUT2D eigenvalue weighted by atomic mass is 16.3. The van der Waals surface area contributed by atoms with Gasteiger partial charge in [0, 0.05) is 38.1 Å². The number of aliphatic hydroxyl groups is 1. The minimum Gasteiger partial charge on any atom is -0.396 e. The number of hydrogen-bond acceptors (Lipinski definition) is 6. The zero-order valence-electron chi connectivity index (χ0n) is 17.5. The molecule has 0 aromatic heterocycles. The second-order valence-electron chi connectivity index (χ2n) is 7.71. The van der Waals surface area contributed by atoms with Crippen LogP contribution in [0.5, 0.6) is 0 Å². The summed E-state index contributed by atoms with van der Waals surface area (Å²) >= 11 is 0. The van der Waals surface area contributed by atoms with Crippen LogP contribution in [0.25, 0.3) is 6.08 Å². The highest BCUT2D eigenvalue weighted by Gasteiger charge is 2.55. The summed E-state index contributed by atoms with van der Waals surface area (Å²) in [6.45, 7) is 4.87. The van der Waals surface area contributed by atoms with E-state index in [-0.39, 0.29) is 25.1 Å². The molecular weight excluding hydrogens is 382 g/mol. The fourth-order valence-corrected chi connectivity index (χ4v) is 4.20. The first kappa shape index (κ1) is 20.2. The molecule has 1 N–H and O–H groups in total. The summed E-state index contributed by atoms with van der Waals surface area (Å²) < 4.78 is 0. The minimum atomic E-state index is -0.568. The van der Waals surface area contributed by atoms with Gasteiger partial charge in [-0.25, -0.2) is 9.79 Å². The van der Waals surface area contributed by atoms with Crippen molar-refractivity contribution in [1.29, 1.82) is 0 Å². The number of aliphatic imine (C=N–C) groups is 1. The van der Waals surface area contributed by atoms with Crippen LogP contribution in [0.15, 0.2) is 52.8 Å². The third-order valence-corrected chi connectivity index (χ3v) is 5.94. The van der Waals surface area contributed by atoms with Crippen molar-refractivity contribution in [2.24, 2.45) is 4.99 Å². The summed E-state index contributed by atoms with van der Waals surface area (Å²) in [5, 5.41) is 9.23. The smallest absolute Gasteiger partial charge is 0.328 e. The van der Waals surface area contributed by atoms with E-state index < -0.39 is 12.2 Å². The number of guanidine groups is 1. The number of carbonyl (C=O) groups excluding carboxylic acids is 2. The van der Waals surface area contributed by atoms with Crippen LogP contribution in [-0.2, 0) is 4.79 Å². The molecule has 158 valence electrons. The number of amides is 3. The highest BCUT2D eigenvalue weighted by molar-refractivity contribution is 6.05. The Balaban J connectivity index is 1.57. The van der Waals surface area contributed by atoms with Crippen molar-refractivity contribution in [3.8, 4) is 0 Å². The normalized spacial score (nSPS) is 23.7. The zero-order chi connectivity index (χ0) is 21.4. The first-order valence-corrected chi connectivity index (χ1v) is 10.2. The molecule has 1 aromatic carbocycles. The molecule has 3 heterocycles. The van der Waals surface area contributed by atoms with E-state index in [0.29, 0.717) is 18.9 Å². The van der Waals surface area contributed by atoms with Crippen molar-refractivity contribution < 1.29 is 14.7 Å². The lowest BCUT2D eigenvalue weighted by Gasteiger charge is -2.40. The van der Waals surface area contributed by atoms with Crippen molar-refractivity contribution in [1.82, 2.24) is 19.6 Å². The standard InChI is InChI=1S/C22H27N5O3/c1-15-16(2)27-18-19(23-21(27)25(15)13-8-14-28)24(3)22(30)26(20(18)29)12-7-11-17-9-5-4-6-10-17/h4-7,9-11,18-19,28H,8,12-14H2,1-3H3/b11-7+. The summed E-state index contributed by atoms with van der Waals surface area (Å²) in [4.78, 5) is 37.8. The third-order valence-electron chi connectivity index (χ3n) is 5.94. The maximum atomic E-state index is 13.4. The van der Waals surface area contributed by atoms with Crippen LogP contribution in [0.3, 0.4) is 0 Å². The van der Waals surface area contributed by atoms with E-state index in [1.807, 2.05) is 66.1 Å². The van der Waals surface area contributed by atoms with Gasteiger partial charge in [-0.3, -0.25) is 14.6 Å². The predicted octanol–water partition coefficient (Wildman–Crippen LogP) is 1.91. The number of imide groups is 1. The molecule has 4 rings (SSSR count). The fraction of sp³-hybridized carbons (Fsp3) is 0.409. The highest BCUT2D eigenvalue weighted by Crippen LogP contribution is 2.37. The van der Waals surface area contributed by atoms with Crippen molar-refractivity contribution >= 4 is 24.0 Å². The molecule has 1 saturated heterocycles. The Labute approximate surface area is 176 Å². The summed E-state index contributed by atoms with van der Waals surface area (Å²) in [7, 11) is 1.69. The van der Waals surface area contributed by atoms with Crippen molar-refractivity contribution in [2.45, 2.75) is 32.5 Å². The molecule has 0 aliphatic carbocycles. The molecule has 3 amide bonds. The monoisotopic (exact) mass is 409 g/mol. The molecule has 8 nitrogen and oxygen atoms in total. The zero-order valence-corrected chi connectivity index (χ0v) is 17.5. The number of likely N-dealkylation sites (N-methyl/N-ethyl adjacent to an activating group) is 1. The first-order valence-electron chi connectivity index (χ1n) is 10.2. The van der Waals surface area contributed by atoms with E-state index in [0.717, 1.165) is 17.0 Å². The van der Waals surface area contributed by atoms with Crippen molar-refractivity contribution in [3.63, 3.8) is 0 Å². The quantitative estimate of drug-likeness (QED) is 0.776. The second kappa shape index (κ2) is 7.95. The minimum absolute atomic E-state index is 0.0851. The van der Waals surface area contributed by atoms with Crippen LogP contribution in [0.2, 0.25) is 0 Å². The second-order valence-corrected chi connectivity index (χ2v) is 7.71. The molecule has 3 aliphatic rings. The molecule has 1 fully saturated rings. The van der Waals surface area contributed by atoms with Gasteiger partial charge in [0.05, 0.1) is 0 Å². The Bertz CT molecular complexity index is 939. The number of benzene rings is 1. The molecule has 1 aromatic rings. The molecule has 0 saturated carbocycles. The topological polar surface area (TPSA) is 79.7 Å². The SMILES string of the molecule is CC1=C(C)N2C(=NC3C2C(=O)N(C/C=C/c2ccccc2)C(=O)N3C)N1CCCO. The Kier molecular flexibility index (Phi) is 5.34. The van der Waals surface area contributed by atoms with Gasteiger partial charge in [0.25, 0.3) is 5.91 Å². The molecule has 0 spiro atoms. The number of rotatable bonds is 6. The number of allylic oxidation sites excluding steroid dienone is 2. The summed E-state index contributed by atoms with van der Waals surface area (Å²) in [5.41, 5.74) is 2.99. The number of fused-ring (bicyclic) bond motifs is 3. The lowest BCUT2D eigenvalue weighted by Crippen LogP contribution is -2.64. The van der Waals surface area contributed by atoms with Crippen LogP contribution in [0.4, 0.5) is 4.79 Å². The molecule has 3 aliphatic heterocycles. The fourth-order valence-electron chi connectivity index (χ4n) is 4.20. The van der Waals surface area contributed by atoms with E-state index >= 15 is 0 Å². The molecule has 2 unspecified atom stereocenters. The van der Waals surface area contributed by atoms with Gasteiger partial charge in [0.15, 0.2) is 12.2 Å². The van der Waals surface area contributed by atoms with E-state index in [1.165, 1.54) is 4.90 Å². The molecule has 0 bridgehead atoms. The van der Waals surface area contributed by atoms with Crippen LogP contribution < -0.4 is 0 Å². The van der Waals surface area contributed by atoms with Gasteiger partial charge in [0.2, 0.25) is 5.96 Å². The van der Waals surface area contributed by atoms with Gasteiger partial charge >= 0.3 is 6.03 Å². The van der Waals surface area contributed by atoms with Gasteiger partial charge in [-0.15, -0.1) is 0 Å². The summed E-state index contributed by atoms with van der Waals surface area (Å²) in [5.74, 6) is 0.443. The Morgan fingerprint density at radius 1 is 1.10 bits per heavy atom. The number of carbonyl (C=O) groups is 2. The summed E-state index contributed by atoms with van der Waals surface area (Å²) in [6, 6.07) is 8.86. The number of urea groups is 1. The first-order chi connectivity index (χ1) is 14.5. The molecule has 2 atom stereocenters. The van der Waals surface area contributed by atoms with Gasteiger partial charge in [-0.05, 0) is 25.8 Å². The molecule has 8 heteroatoms. The maximum absolute atomic E-state index is 13.4. The van der Waals surface area contributed by atoms with Crippen LogP contribution in [0.1, 0.15) is 25.8 Å². The average Bonchev–Trinajstić information content (AvgIpc) is 3.24. The van der Waals surface area contributed by atoms with Crippen LogP contribution in [-0.4, -0.2) is 81.6 Å². The molecule has 0 radical (unpaired) electrons. The van der Waals surface area contributed by atoms with Gasteiger partial charge in [0.1, 0.15) is 0 Å². The number of hydrogen-bond donors (Lipinski definition) is 1. The van der Waals surface area contributed by atoms with Gasteiger partial charge in [-0.1, -0.05) is 42.5 Å². The maximum Gasteiger partial charge on any atom is 0.328 e. The van der Waals surface area contributed by atoms with E-state index in [4.69, 9.17) is 4.99 Å². The lowest BCUT2D eigenvalue weighted by molar-refractivity contribution is -0.136. The summed E-state index contributed by atoms with van der Waals surface area (Å²) in [6.07, 6.45) is 3.80. The predicted molar refractivity (Wildman–Crippen MR) is 114 cm³/mol. The van der Waals surface area contributed by atoms with E-state index in [1.54, 1.807) is 11.9 Å². The van der Waals surface area contributed by atoms with Crippen LogP contribution in [0, 0.1) is 0 Å². The van der Waals surface area contributed by atoms with E-state index in [9.17, 15) is 14.7 Å². The number of aliphatic hydroxyl groups excluding tert-OH is 1. The Morgan fingerprint density at radius 3 is 2.53 bits per heavy atom. The lowest BCUT2D eigenvalue weighted by atomic mass is 10.1. The van der Waals surface area contributed by atoms with Gasteiger partial charge in [-0.2, -0.15) is 0 Å². The van der Waals surface area contributed by atoms with E-state index in [2.05, 4.69) is 0 Å².